The van der Waals surface area contributed by atoms with E-state index in [1.807, 2.05) is 0 Å². The average Bonchev–Trinajstić information content (AvgIpc) is 2.75. The van der Waals surface area contributed by atoms with E-state index in [9.17, 15) is 36.2 Å². The van der Waals surface area contributed by atoms with Crippen LogP contribution in [0.3, 0.4) is 0 Å². The molecule has 2 aromatic carbocycles. The summed E-state index contributed by atoms with van der Waals surface area (Å²) < 4.78 is 85.1. The van der Waals surface area contributed by atoms with Crippen LogP contribution in [0.2, 0.25) is 0 Å². The zero-order chi connectivity index (χ0) is 25.7. The number of hydrogen-bond donors (Lipinski definition) is 3. The zero-order valence-electron chi connectivity index (χ0n) is 18.8. The Morgan fingerprint density at radius 1 is 1.06 bits per heavy atom. The van der Waals surface area contributed by atoms with Crippen LogP contribution in [-0.4, -0.2) is 36.9 Å². The zero-order valence-corrected chi connectivity index (χ0v) is 18.8. The first-order valence-electron chi connectivity index (χ1n) is 10.3. The third kappa shape index (κ3) is 6.86. The Kier molecular flexibility index (Phi) is 8.59. The van der Waals surface area contributed by atoms with Crippen LogP contribution in [0.15, 0.2) is 42.5 Å². The molecule has 5 nitrogen and oxygen atoms in total. The van der Waals surface area contributed by atoms with Crippen molar-refractivity contribution in [3.8, 4) is 0 Å². The Bertz CT molecular complexity index is 993. The maximum atomic E-state index is 13.7. The summed E-state index contributed by atoms with van der Waals surface area (Å²) >= 11 is 0. The fourth-order valence-corrected chi connectivity index (χ4v) is 3.16. The lowest BCUT2D eigenvalue weighted by Crippen LogP contribution is -2.48. The fraction of sp³-hybridized carbons (Fsp3) is 0.435. The lowest BCUT2D eigenvalue weighted by Gasteiger charge is -2.32. The molecule has 0 aliphatic heterocycles. The van der Waals surface area contributed by atoms with Crippen molar-refractivity contribution in [1.82, 2.24) is 5.32 Å². The molecule has 0 aliphatic rings. The monoisotopic (exact) mass is 492 g/mol. The van der Waals surface area contributed by atoms with Gasteiger partial charge in [0.25, 0.3) is 0 Å². The molecule has 188 valence electrons. The minimum absolute atomic E-state index is 0.167. The van der Waals surface area contributed by atoms with Crippen molar-refractivity contribution in [3.63, 3.8) is 0 Å². The highest BCUT2D eigenvalue weighted by Crippen LogP contribution is 2.41. The first-order valence-corrected chi connectivity index (χ1v) is 10.3. The maximum Gasteiger partial charge on any atom is 0.423 e. The lowest BCUT2D eigenvalue weighted by molar-refractivity contribution is -0.260. The molecule has 0 heterocycles. The highest BCUT2D eigenvalue weighted by atomic mass is 19.4. The number of aryl methyl sites for hydroxylation is 1. The molecule has 0 saturated carbocycles. The molecule has 34 heavy (non-hydrogen) atoms. The molecule has 2 aromatic rings. The molecular weight excluding hydrogens is 466 g/mol. The van der Waals surface area contributed by atoms with E-state index in [0.717, 1.165) is 12.1 Å². The van der Waals surface area contributed by atoms with Crippen LogP contribution in [0.4, 0.5) is 32.0 Å². The Hall–Kier alpha value is -2.79. The Balaban J connectivity index is 2.16. The van der Waals surface area contributed by atoms with Gasteiger partial charge >= 0.3 is 12.4 Å². The SMILES string of the molecule is CO[C@H](C)CC(=O)NCc1ccc(NC[C@](O)(c2cccc(C(F)(F)F)c2)C(F)(F)F)cc1C. The highest BCUT2D eigenvalue weighted by Gasteiger charge is 2.55. The number of halogens is 6. The molecule has 0 saturated heterocycles. The highest BCUT2D eigenvalue weighted by molar-refractivity contribution is 5.76. The number of amides is 1. The minimum Gasteiger partial charge on any atom is -0.381 e. The number of anilines is 1. The van der Waals surface area contributed by atoms with E-state index in [0.29, 0.717) is 17.2 Å². The van der Waals surface area contributed by atoms with Gasteiger partial charge in [0.1, 0.15) is 0 Å². The third-order valence-electron chi connectivity index (χ3n) is 5.38. The van der Waals surface area contributed by atoms with E-state index in [-0.39, 0.29) is 36.7 Å². The van der Waals surface area contributed by atoms with E-state index >= 15 is 0 Å². The van der Waals surface area contributed by atoms with Crippen LogP contribution in [0.5, 0.6) is 0 Å². The minimum atomic E-state index is -5.25. The standard InChI is InChI=1S/C23H26F6N2O3/c1-14-9-19(8-7-16(14)12-30-20(32)10-15(2)34-3)31-13-21(33,23(27,28)29)17-5-4-6-18(11-17)22(24,25)26/h4-9,11,15,31,33H,10,12-13H2,1-3H3,(H,30,32)/t15-,21+/m1/s1. The number of rotatable bonds is 9. The molecular formula is C23H26F6N2O3. The molecule has 0 aromatic heterocycles. The molecule has 0 unspecified atom stereocenters. The van der Waals surface area contributed by atoms with Crippen molar-refractivity contribution in [1.29, 1.82) is 0 Å². The molecule has 2 rings (SSSR count). The summed E-state index contributed by atoms with van der Waals surface area (Å²) in [5, 5.41) is 15.6. The van der Waals surface area contributed by atoms with Gasteiger partial charge in [-0.05, 0) is 54.8 Å². The van der Waals surface area contributed by atoms with Gasteiger partial charge in [0.2, 0.25) is 11.5 Å². The number of methoxy groups -OCH3 is 1. The molecule has 0 aliphatic carbocycles. The van der Waals surface area contributed by atoms with E-state index in [1.165, 1.54) is 19.2 Å². The van der Waals surface area contributed by atoms with Gasteiger partial charge in [-0.3, -0.25) is 4.79 Å². The maximum absolute atomic E-state index is 13.7. The predicted molar refractivity (Wildman–Crippen MR) is 114 cm³/mol. The molecule has 0 spiro atoms. The van der Waals surface area contributed by atoms with Gasteiger partial charge in [0.05, 0.1) is 24.6 Å². The summed E-state index contributed by atoms with van der Waals surface area (Å²) in [5.41, 5.74) is -4.20. The molecule has 3 N–H and O–H groups in total. The second kappa shape index (κ2) is 10.6. The quantitative estimate of drug-likeness (QED) is 0.435. The van der Waals surface area contributed by atoms with Crippen LogP contribution in [0.25, 0.3) is 0 Å². The van der Waals surface area contributed by atoms with Gasteiger partial charge in [-0.1, -0.05) is 18.2 Å². The molecule has 11 heteroatoms. The van der Waals surface area contributed by atoms with Crippen LogP contribution in [0.1, 0.15) is 35.6 Å². The van der Waals surface area contributed by atoms with Crippen molar-refractivity contribution in [2.45, 2.75) is 50.9 Å². The summed E-state index contributed by atoms with van der Waals surface area (Å²) in [4.78, 5) is 11.9. The largest absolute Gasteiger partial charge is 0.423 e. The number of carbonyl (C=O) groups is 1. The van der Waals surface area contributed by atoms with Gasteiger partial charge in [-0.25, -0.2) is 0 Å². The normalized spacial score (nSPS) is 14.9. The number of nitrogens with one attached hydrogen (secondary N) is 2. The van der Waals surface area contributed by atoms with Crippen molar-refractivity contribution in [3.05, 3.63) is 64.7 Å². The van der Waals surface area contributed by atoms with Crippen LogP contribution < -0.4 is 10.6 Å². The Morgan fingerprint density at radius 2 is 1.71 bits per heavy atom. The number of aliphatic hydroxyl groups is 1. The lowest BCUT2D eigenvalue weighted by atomic mass is 9.91. The van der Waals surface area contributed by atoms with Gasteiger partial charge in [-0.15, -0.1) is 0 Å². The summed E-state index contributed by atoms with van der Waals surface area (Å²) in [7, 11) is 1.49. The topological polar surface area (TPSA) is 70.6 Å². The van der Waals surface area contributed by atoms with Gasteiger partial charge < -0.3 is 20.5 Å². The number of benzene rings is 2. The predicted octanol–water partition coefficient (Wildman–Crippen LogP) is 4.92. The average molecular weight is 492 g/mol. The number of hydrogen-bond acceptors (Lipinski definition) is 4. The molecule has 0 radical (unpaired) electrons. The smallest absolute Gasteiger partial charge is 0.381 e. The number of ether oxygens (including phenoxy) is 1. The van der Waals surface area contributed by atoms with Crippen molar-refractivity contribution >= 4 is 11.6 Å². The van der Waals surface area contributed by atoms with Crippen molar-refractivity contribution < 1.29 is 41.0 Å². The van der Waals surface area contributed by atoms with E-state index < -0.39 is 35.6 Å². The van der Waals surface area contributed by atoms with E-state index in [2.05, 4.69) is 10.6 Å². The molecule has 1 amide bonds. The number of alkyl halides is 6. The molecule has 0 bridgehead atoms. The summed E-state index contributed by atoms with van der Waals surface area (Å²) in [6.07, 6.45) is -10.2. The van der Waals surface area contributed by atoms with Gasteiger partial charge in [-0.2, -0.15) is 26.3 Å². The molecule has 0 fully saturated rings. The van der Waals surface area contributed by atoms with Gasteiger partial charge in [0, 0.05) is 19.3 Å². The van der Waals surface area contributed by atoms with Gasteiger partial charge in [0.15, 0.2) is 0 Å². The number of carbonyl (C=O) groups excluding carboxylic acids is 1. The van der Waals surface area contributed by atoms with Crippen LogP contribution in [0, 0.1) is 6.92 Å². The van der Waals surface area contributed by atoms with Crippen molar-refractivity contribution in [2.24, 2.45) is 0 Å². The second-order valence-electron chi connectivity index (χ2n) is 7.96. The summed E-state index contributed by atoms with van der Waals surface area (Å²) in [6, 6.07) is 7.09. The first kappa shape index (κ1) is 27.5. The Labute approximate surface area is 193 Å². The van der Waals surface area contributed by atoms with E-state index in [4.69, 9.17) is 4.74 Å². The van der Waals surface area contributed by atoms with Crippen molar-refractivity contribution in [2.75, 3.05) is 19.0 Å². The molecule has 2 atom stereocenters. The summed E-state index contributed by atoms with van der Waals surface area (Å²) in [6.45, 7) is 2.51. The fourth-order valence-electron chi connectivity index (χ4n) is 3.16. The Morgan fingerprint density at radius 3 is 2.26 bits per heavy atom. The summed E-state index contributed by atoms with van der Waals surface area (Å²) in [5.74, 6) is -0.229. The first-order chi connectivity index (χ1) is 15.7. The van der Waals surface area contributed by atoms with Crippen LogP contribution >= 0.6 is 0 Å². The van der Waals surface area contributed by atoms with E-state index in [1.54, 1.807) is 19.9 Å². The third-order valence-corrected chi connectivity index (χ3v) is 5.38. The van der Waals surface area contributed by atoms with Crippen LogP contribution in [-0.2, 0) is 27.9 Å². The second-order valence-corrected chi connectivity index (χ2v) is 7.96.